The molecule has 3 N–H and O–H groups in total. The molecule has 0 aliphatic heterocycles. The van der Waals surface area contributed by atoms with Gasteiger partial charge in [0.2, 0.25) is 5.91 Å². The van der Waals surface area contributed by atoms with Crippen LogP contribution in [0.25, 0.3) is 0 Å². The molecule has 74 valence electrons. The summed E-state index contributed by atoms with van der Waals surface area (Å²) in [6.07, 6.45) is 1.12. The van der Waals surface area contributed by atoms with E-state index >= 15 is 0 Å². The van der Waals surface area contributed by atoms with Crippen molar-refractivity contribution >= 4 is 11.6 Å². The van der Waals surface area contributed by atoms with Crippen LogP contribution in [0.4, 0.5) is 10.1 Å². The van der Waals surface area contributed by atoms with Crippen LogP contribution in [0.2, 0.25) is 0 Å². The topological polar surface area (TPSA) is 55.1 Å². The Bertz CT molecular complexity index is 363. The summed E-state index contributed by atoms with van der Waals surface area (Å²) in [4.78, 5) is 11.0. The smallest absolute Gasteiger partial charge is 0.247 e. The monoisotopic (exact) mass is 194 g/mol. The molecule has 14 heavy (non-hydrogen) atoms. The van der Waals surface area contributed by atoms with Crippen LogP contribution >= 0.6 is 0 Å². The van der Waals surface area contributed by atoms with Crippen molar-refractivity contribution in [3.05, 3.63) is 42.2 Å². The van der Waals surface area contributed by atoms with E-state index < -0.39 is 5.82 Å². The zero-order chi connectivity index (χ0) is 10.6. The Kier molecular flexibility index (Phi) is 3.36. The number of halogens is 1. The van der Waals surface area contributed by atoms with E-state index in [0.717, 1.165) is 6.08 Å². The standard InChI is InChI=1S/C10H11FN2O/c1-2-10(14)13-9-5-8(11)4-3-7(9)6-12/h2-5H,1,6,12H2,(H,13,14). The van der Waals surface area contributed by atoms with E-state index in [1.807, 2.05) is 0 Å². The number of benzene rings is 1. The van der Waals surface area contributed by atoms with Gasteiger partial charge < -0.3 is 11.1 Å². The highest BCUT2D eigenvalue weighted by molar-refractivity contribution is 5.99. The van der Waals surface area contributed by atoms with Crippen molar-refractivity contribution in [2.45, 2.75) is 6.54 Å². The SMILES string of the molecule is C=CC(=O)Nc1cc(F)ccc1CN. The largest absolute Gasteiger partial charge is 0.326 e. The summed E-state index contributed by atoms with van der Waals surface area (Å²) in [5.41, 5.74) is 6.49. The average molecular weight is 194 g/mol. The van der Waals surface area contributed by atoms with E-state index in [2.05, 4.69) is 11.9 Å². The minimum Gasteiger partial charge on any atom is -0.326 e. The molecule has 3 nitrogen and oxygen atoms in total. The van der Waals surface area contributed by atoms with Gasteiger partial charge in [0, 0.05) is 12.2 Å². The highest BCUT2D eigenvalue weighted by atomic mass is 19.1. The second-order valence-corrected chi connectivity index (χ2v) is 2.70. The number of hydrogen-bond donors (Lipinski definition) is 2. The van der Waals surface area contributed by atoms with Crippen molar-refractivity contribution in [1.82, 2.24) is 0 Å². The zero-order valence-electron chi connectivity index (χ0n) is 7.59. The molecular formula is C10H11FN2O. The van der Waals surface area contributed by atoms with Crippen molar-refractivity contribution in [2.24, 2.45) is 5.73 Å². The summed E-state index contributed by atoms with van der Waals surface area (Å²) >= 11 is 0. The van der Waals surface area contributed by atoms with E-state index in [1.165, 1.54) is 18.2 Å². The molecule has 0 atom stereocenters. The van der Waals surface area contributed by atoms with Crippen LogP contribution < -0.4 is 11.1 Å². The number of anilines is 1. The van der Waals surface area contributed by atoms with E-state index in [0.29, 0.717) is 11.3 Å². The lowest BCUT2D eigenvalue weighted by Gasteiger charge is -2.07. The van der Waals surface area contributed by atoms with Gasteiger partial charge in [0.05, 0.1) is 0 Å². The number of nitrogens with one attached hydrogen (secondary N) is 1. The maximum absolute atomic E-state index is 12.8. The van der Waals surface area contributed by atoms with Crippen LogP contribution in [0.1, 0.15) is 5.56 Å². The van der Waals surface area contributed by atoms with Crippen molar-refractivity contribution in [2.75, 3.05) is 5.32 Å². The Morgan fingerprint density at radius 3 is 2.93 bits per heavy atom. The maximum Gasteiger partial charge on any atom is 0.247 e. The van der Waals surface area contributed by atoms with Crippen LogP contribution in [0.3, 0.4) is 0 Å². The number of hydrogen-bond acceptors (Lipinski definition) is 2. The number of carbonyl (C=O) groups excluding carboxylic acids is 1. The lowest BCUT2D eigenvalue weighted by Crippen LogP contribution is -2.11. The Hall–Kier alpha value is -1.68. The average Bonchev–Trinajstić information content (AvgIpc) is 2.18. The molecule has 0 spiro atoms. The van der Waals surface area contributed by atoms with E-state index in [-0.39, 0.29) is 12.5 Å². The summed E-state index contributed by atoms with van der Waals surface area (Å²) in [6.45, 7) is 3.54. The van der Waals surface area contributed by atoms with Gasteiger partial charge in [-0.1, -0.05) is 12.6 Å². The molecule has 1 amide bonds. The summed E-state index contributed by atoms with van der Waals surface area (Å²) < 4.78 is 12.8. The van der Waals surface area contributed by atoms with Gasteiger partial charge in [0.1, 0.15) is 5.82 Å². The van der Waals surface area contributed by atoms with Gasteiger partial charge in [0.15, 0.2) is 0 Å². The van der Waals surface area contributed by atoms with Gasteiger partial charge in [-0.25, -0.2) is 4.39 Å². The molecular weight excluding hydrogens is 183 g/mol. The molecule has 0 aliphatic rings. The molecule has 0 fully saturated rings. The lowest BCUT2D eigenvalue weighted by atomic mass is 10.1. The molecule has 0 aliphatic carbocycles. The molecule has 1 aromatic carbocycles. The summed E-state index contributed by atoms with van der Waals surface area (Å²) in [7, 11) is 0. The summed E-state index contributed by atoms with van der Waals surface area (Å²) in [6, 6.07) is 4.06. The molecule has 0 saturated heterocycles. The first-order chi connectivity index (χ1) is 6.67. The van der Waals surface area contributed by atoms with Gasteiger partial charge in [0.25, 0.3) is 0 Å². The molecule has 0 bridgehead atoms. The van der Waals surface area contributed by atoms with E-state index in [9.17, 15) is 9.18 Å². The minimum atomic E-state index is -0.415. The van der Waals surface area contributed by atoms with Crippen LogP contribution in [0.5, 0.6) is 0 Å². The van der Waals surface area contributed by atoms with Crippen molar-refractivity contribution in [3.63, 3.8) is 0 Å². The Labute approximate surface area is 81.4 Å². The van der Waals surface area contributed by atoms with E-state index in [4.69, 9.17) is 5.73 Å². The number of rotatable bonds is 3. The molecule has 4 heteroatoms. The fourth-order valence-corrected chi connectivity index (χ4v) is 1.03. The number of nitrogens with two attached hydrogens (primary N) is 1. The Morgan fingerprint density at radius 1 is 1.64 bits per heavy atom. The lowest BCUT2D eigenvalue weighted by molar-refractivity contribution is -0.111. The fourth-order valence-electron chi connectivity index (χ4n) is 1.03. The summed E-state index contributed by atoms with van der Waals surface area (Å²) in [5.74, 6) is -0.799. The third kappa shape index (κ3) is 2.40. The highest BCUT2D eigenvalue weighted by Gasteiger charge is 2.04. The Balaban J connectivity index is 2.98. The molecule has 1 rings (SSSR count). The molecule has 0 saturated carbocycles. The van der Waals surface area contributed by atoms with Crippen LogP contribution in [-0.2, 0) is 11.3 Å². The second kappa shape index (κ2) is 4.53. The van der Waals surface area contributed by atoms with Gasteiger partial charge in [-0.15, -0.1) is 0 Å². The number of carbonyl (C=O) groups is 1. The summed E-state index contributed by atoms with van der Waals surface area (Å²) in [5, 5.41) is 2.47. The molecule has 0 aromatic heterocycles. The van der Waals surface area contributed by atoms with E-state index in [1.54, 1.807) is 0 Å². The quantitative estimate of drug-likeness (QED) is 0.715. The minimum absolute atomic E-state index is 0.243. The zero-order valence-corrected chi connectivity index (χ0v) is 7.59. The normalized spacial score (nSPS) is 9.57. The molecule has 0 radical (unpaired) electrons. The van der Waals surface area contributed by atoms with Crippen LogP contribution in [-0.4, -0.2) is 5.91 Å². The third-order valence-corrected chi connectivity index (χ3v) is 1.74. The second-order valence-electron chi connectivity index (χ2n) is 2.70. The third-order valence-electron chi connectivity index (χ3n) is 1.74. The van der Waals surface area contributed by atoms with Gasteiger partial charge in [-0.05, 0) is 23.8 Å². The fraction of sp³-hybridized carbons (Fsp3) is 0.100. The first kappa shape index (κ1) is 10.4. The maximum atomic E-state index is 12.8. The predicted octanol–water partition coefficient (Wildman–Crippen LogP) is 1.41. The highest BCUT2D eigenvalue weighted by Crippen LogP contribution is 2.16. The van der Waals surface area contributed by atoms with Crippen molar-refractivity contribution < 1.29 is 9.18 Å². The van der Waals surface area contributed by atoms with Gasteiger partial charge >= 0.3 is 0 Å². The van der Waals surface area contributed by atoms with Crippen molar-refractivity contribution in [3.8, 4) is 0 Å². The van der Waals surface area contributed by atoms with Gasteiger partial charge in [-0.3, -0.25) is 4.79 Å². The van der Waals surface area contributed by atoms with Crippen LogP contribution in [0, 0.1) is 5.82 Å². The van der Waals surface area contributed by atoms with Crippen LogP contribution in [0.15, 0.2) is 30.9 Å². The predicted molar refractivity (Wildman–Crippen MR) is 53.1 cm³/mol. The molecule has 0 unspecified atom stereocenters. The molecule has 1 aromatic rings. The first-order valence-electron chi connectivity index (χ1n) is 4.09. The van der Waals surface area contributed by atoms with Crippen molar-refractivity contribution in [1.29, 1.82) is 0 Å². The molecule has 0 heterocycles. The van der Waals surface area contributed by atoms with Gasteiger partial charge in [-0.2, -0.15) is 0 Å². The first-order valence-corrected chi connectivity index (χ1v) is 4.09. The Morgan fingerprint density at radius 2 is 2.36 bits per heavy atom. The number of amides is 1.